The third kappa shape index (κ3) is 5.10. The van der Waals surface area contributed by atoms with Crippen LogP contribution >= 0.6 is 12.4 Å². The molecule has 2 atom stereocenters. The summed E-state index contributed by atoms with van der Waals surface area (Å²) in [5, 5.41) is 3.03. The lowest BCUT2D eigenvalue weighted by Gasteiger charge is -2.30. The number of halogens is 1. The van der Waals surface area contributed by atoms with Crippen molar-refractivity contribution in [2.24, 2.45) is 11.7 Å². The number of nitrogens with one attached hydrogen (secondary N) is 1. The molecule has 0 aromatic heterocycles. The molecule has 0 radical (unpaired) electrons. The van der Waals surface area contributed by atoms with Gasteiger partial charge in [0.2, 0.25) is 5.91 Å². The highest BCUT2D eigenvalue weighted by molar-refractivity contribution is 5.85. The molecule has 1 aromatic rings. The zero-order chi connectivity index (χ0) is 16.8. The number of nitrogens with two attached hydrogens (primary N) is 1. The molecule has 1 heterocycles. The number of carbonyl (C=O) groups is 1. The van der Waals surface area contributed by atoms with Gasteiger partial charge in [0.15, 0.2) is 0 Å². The fourth-order valence-corrected chi connectivity index (χ4v) is 3.05. The molecule has 0 spiro atoms. The van der Waals surface area contributed by atoms with E-state index in [1.807, 2.05) is 32.0 Å². The summed E-state index contributed by atoms with van der Waals surface area (Å²) >= 11 is 0. The lowest BCUT2D eigenvalue weighted by molar-refractivity contribution is -0.123. The zero-order valence-corrected chi connectivity index (χ0v) is 15.6. The lowest BCUT2D eigenvalue weighted by Crippen LogP contribution is -2.46. The van der Waals surface area contributed by atoms with Gasteiger partial charge in [0.25, 0.3) is 0 Å². The van der Waals surface area contributed by atoms with E-state index in [1.54, 1.807) is 7.11 Å². The number of para-hydroxylation sites is 1. The van der Waals surface area contributed by atoms with E-state index < -0.39 is 6.04 Å². The van der Waals surface area contributed by atoms with Gasteiger partial charge < -0.3 is 15.8 Å². The predicted molar refractivity (Wildman–Crippen MR) is 99.6 cm³/mol. The van der Waals surface area contributed by atoms with Gasteiger partial charge in [-0.25, -0.2) is 0 Å². The first-order valence-corrected chi connectivity index (χ1v) is 8.45. The monoisotopic (exact) mass is 355 g/mol. The van der Waals surface area contributed by atoms with Crippen molar-refractivity contribution in [1.29, 1.82) is 0 Å². The molecule has 0 saturated carbocycles. The Morgan fingerprint density at radius 3 is 2.50 bits per heavy atom. The molecule has 2 rings (SSSR count). The summed E-state index contributed by atoms with van der Waals surface area (Å²) in [6, 6.07) is 7.69. The summed E-state index contributed by atoms with van der Waals surface area (Å²) in [4.78, 5) is 14.6. The summed E-state index contributed by atoms with van der Waals surface area (Å²) in [6.45, 7) is 6.58. The molecule has 136 valence electrons. The smallest absolute Gasteiger partial charge is 0.237 e. The van der Waals surface area contributed by atoms with Crippen molar-refractivity contribution >= 4 is 18.3 Å². The minimum Gasteiger partial charge on any atom is -0.496 e. The second kappa shape index (κ2) is 9.87. The van der Waals surface area contributed by atoms with Gasteiger partial charge in [0.05, 0.1) is 19.2 Å². The number of carbonyl (C=O) groups excluding carboxylic acids is 1. The van der Waals surface area contributed by atoms with Gasteiger partial charge in [-0.2, -0.15) is 0 Å². The predicted octanol–water partition coefficient (Wildman–Crippen LogP) is 2.35. The van der Waals surface area contributed by atoms with Crippen LogP contribution in [-0.4, -0.2) is 43.6 Å². The number of rotatable bonds is 7. The van der Waals surface area contributed by atoms with Crippen LogP contribution in [0, 0.1) is 5.92 Å². The first-order valence-electron chi connectivity index (χ1n) is 8.45. The van der Waals surface area contributed by atoms with Gasteiger partial charge in [0.1, 0.15) is 5.75 Å². The molecule has 1 aliphatic rings. The number of nitrogens with zero attached hydrogens (tertiary/aromatic N) is 1. The molecule has 6 heteroatoms. The summed E-state index contributed by atoms with van der Waals surface area (Å²) in [5.74, 6) is 0.914. The minimum absolute atomic E-state index is 0. The second-order valence-corrected chi connectivity index (χ2v) is 6.52. The first-order chi connectivity index (χ1) is 11.0. The quantitative estimate of drug-likeness (QED) is 0.787. The van der Waals surface area contributed by atoms with Crippen molar-refractivity contribution in [3.05, 3.63) is 29.8 Å². The highest BCUT2D eigenvalue weighted by Crippen LogP contribution is 2.31. The van der Waals surface area contributed by atoms with E-state index in [-0.39, 0.29) is 30.3 Å². The van der Waals surface area contributed by atoms with Gasteiger partial charge in [-0.1, -0.05) is 32.0 Å². The van der Waals surface area contributed by atoms with E-state index in [2.05, 4.69) is 16.3 Å². The summed E-state index contributed by atoms with van der Waals surface area (Å²) < 4.78 is 5.51. The molecule has 1 fully saturated rings. The number of hydrogen-bond donors (Lipinski definition) is 2. The van der Waals surface area contributed by atoms with Gasteiger partial charge in [-0.15, -0.1) is 12.4 Å². The van der Waals surface area contributed by atoms with Crippen molar-refractivity contribution in [3.8, 4) is 5.75 Å². The molecule has 1 unspecified atom stereocenters. The molecule has 1 amide bonds. The lowest BCUT2D eigenvalue weighted by atomic mass is 10.0. The minimum atomic E-state index is -0.466. The number of likely N-dealkylation sites (tertiary alicyclic amines) is 1. The summed E-state index contributed by atoms with van der Waals surface area (Å²) in [5.41, 5.74) is 7.06. The molecular weight excluding hydrogens is 326 g/mol. The average molecular weight is 356 g/mol. The van der Waals surface area contributed by atoms with Crippen LogP contribution in [-0.2, 0) is 4.79 Å². The Bertz CT molecular complexity index is 519. The Labute approximate surface area is 151 Å². The van der Waals surface area contributed by atoms with Crippen molar-refractivity contribution < 1.29 is 9.53 Å². The van der Waals surface area contributed by atoms with Crippen LogP contribution in [0.15, 0.2) is 24.3 Å². The standard InChI is InChI=1S/C18H29N3O2.ClH/c1-13(2)17(19)18(22)20-12-15(21-10-6-7-11-21)14-8-4-5-9-16(14)23-3;/h4-5,8-9,13,15,17H,6-7,10-12,19H2,1-3H3,(H,20,22);1H/t15?,17-;/m0./s1. The Balaban J connectivity index is 0.00000288. The van der Waals surface area contributed by atoms with E-state index >= 15 is 0 Å². The first kappa shape index (κ1) is 20.7. The molecule has 24 heavy (non-hydrogen) atoms. The Morgan fingerprint density at radius 2 is 1.92 bits per heavy atom. The number of hydrogen-bond acceptors (Lipinski definition) is 4. The Kier molecular flexibility index (Phi) is 8.53. The highest BCUT2D eigenvalue weighted by Gasteiger charge is 2.27. The number of amides is 1. The third-order valence-corrected chi connectivity index (χ3v) is 4.57. The van der Waals surface area contributed by atoms with Crippen molar-refractivity contribution in [3.63, 3.8) is 0 Å². The van der Waals surface area contributed by atoms with E-state index in [4.69, 9.17) is 10.5 Å². The fraction of sp³-hybridized carbons (Fsp3) is 0.611. The Morgan fingerprint density at radius 1 is 1.29 bits per heavy atom. The van der Waals surface area contributed by atoms with Gasteiger partial charge in [-0.05, 0) is 37.9 Å². The second-order valence-electron chi connectivity index (χ2n) is 6.52. The van der Waals surface area contributed by atoms with Crippen LogP contribution in [0.25, 0.3) is 0 Å². The van der Waals surface area contributed by atoms with Gasteiger partial charge in [-0.3, -0.25) is 9.69 Å². The number of methoxy groups -OCH3 is 1. The van der Waals surface area contributed by atoms with Crippen molar-refractivity contribution in [2.45, 2.75) is 38.8 Å². The van der Waals surface area contributed by atoms with Crippen LogP contribution in [0.3, 0.4) is 0 Å². The normalized spacial score (nSPS) is 17.2. The molecule has 0 aliphatic carbocycles. The highest BCUT2D eigenvalue weighted by atomic mass is 35.5. The van der Waals surface area contributed by atoms with E-state index in [0.717, 1.165) is 24.4 Å². The topological polar surface area (TPSA) is 67.6 Å². The summed E-state index contributed by atoms with van der Waals surface area (Å²) in [7, 11) is 1.69. The third-order valence-electron chi connectivity index (χ3n) is 4.57. The molecule has 5 nitrogen and oxygen atoms in total. The van der Waals surface area contributed by atoms with Crippen LogP contribution in [0.1, 0.15) is 38.3 Å². The maximum atomic E-state index is 12.2. The molecular formula is C18H30ClN3O2. The maximum absolute atomic E-state index is 12.2. The zero-order valence-electron chi connectivity index (χ0n) is 14.8. The van der Waals surface area contributed by atoms with Crippen LogP contribution in [0.4, 0.5) is 0 Å². The molecule has 0 bridgehead atoms. The van der Waals surface area contributed by atoms with Crippen LogP contribution in [0.5, 0.6) is 5.75 Å². The SMILES string of the molecule is COc1ccccc1C(CNC(=O)[C@@H](N)C(C)C)N1CCCC1.Cl. The van der Waals surface area contributed by atoms with Crippen molar-refractivity contribution in [1.82, 2.24) is 10.2 Å². The molecule has 1 aromatic carbocycles. The fourth-order valence-electron chi connectivity index (χ4n) is 3.05. The van der Waals surface area contributed by atoms with E-state index in [0.29, 0.717) is 6.54 Å². The van der Waals surface area contributed by atoms with Crippen molar-refractivity contribution in [2.75, 3.05) is 26.7 Å². The average Bonchev–Trinajstić information content (AvgIpc) is 3.08. The summed E-state index contributed by atoms with van der Waals surface area (Å²) in [6.07, 6.45) is 2.40. The number of benzene rings is 1. The van der Waals surface area contributed by atoms with E-state index in [1.165, 1.54) is 12.8 Å². The number of ether oxygens (including phenoxy) is 1. The van der Waals surface area contributed by atoms with Gasteiger partial charge >= 0.3 is 0 Å². The van der Waals surface area contributed by atoms with E-state index in [9.17, 15) is 4.79 Å². The van der Waals surface area contributed by atoms with Crippen LogP contribution < -0.4 is 15.8 Å². The largest absolute Gasteiger partial charge is 0.496 e. The maximum Gasteiger partial charge on any atom is 0.237 e. The molecule has 1 saturated heterocycles. The van der Waals surface area contributed by atoms with Gasteiger partial charge in [0, 0.05) is 12.1 Å². The van der Waals surface area contributed by atoms with Crippen LogP contribution in [0.2, 0.25) is 0 Å². The molecule has 1 aliphatic heterocycles. The molecule has 3 N–H and O–H groups in total. The Hall–Kier alpha value is -1.30.